The number of benzene rings is 1. The molecule has 1 radical (unpaired) electrons. The number of carbonyl (C=O) groups is 6. The van der Waals surface area contributed by atoms with E-state index in [1.54, 1.807) is 29.2 Å². The van der Waals surface area contributed by atoms with Gasteiger partial charge in [-0.25, -0.2) is 0 Å². The molecule has 3 bridgehead atoms. The molecule has 0 atom stereocenters. The van der Waals surface area contributed by atoms with Crippen LogP contribution in [0.1, 0.15) is 15.9 Å². The van der Waals surface area contributed by atoms with Crippen molar-refractivity contribution in [2.24, 2.45) is 0 Å². The second-order valence-electron chi connectivity index (χ2n) is 8.63. The standard InChI is InChI=1S/C22H30N4O10.Bi/c27-15-17-3-1-16(2-4-17)9-23-18(28)10-24(5-7-25(11-19(29)30)12-20(31)32)6-8-26(13-21(33)34)14-22(35)36;/h1-4,15H,5-14H2,(H,23,28)(H,29,30)(H,31,32)(H,33,34)(H,35,36);/q;+4/p-4. The second-order valence-corrected chi connectivity index (χ2v) is 15.0. The summed E-state index contributed by atoms with van der Waals surface area (Å²) in [6.45, 7) is 0.0886. The Morgan fingerprint density at radius 1 is 0.784 bits per heavy atom. The molecule has 0 saturated carbocycles. The molecule has 6 heterocycles. The summed E-state index contributed by atoms with van der Waals surface area (Å²) in [5.74, 6) is -3.65. The van der Waals surface area contributed by atoms with Gasteiger partial charge in [-0.05, 0) is 0 Å². The monoisotopic (exact) mass is 715 g/mol. The number of rotatable bonds is 5. The van der Waals surface area contributed by atoms with Crippen molar-refractivity contribution in [2.75, 3.05) is 58.9 Å². The summed E-state index contributed by atoms with van der Waals surface area (Å²) in [5.41, 5.74) is 1.35. The predicted octanol–water partition coefficient (Wildman–Crippen LogP) is -2.33. The van der Waals surface area contributed by atoms with Crippen LogP contribution in [-0.4, -0.2) is 132 Å². The van der Waals surface area contributed by atoms with Crippen molar-refractivity contribution < 1.29 is 40.0 Å². The first-order valence-electron chi connectivity index (χ1n) is 11.5. The van der Waals surface area contributed by atoms with Crippen LogP contribution in [0, 0.1) is 0 Å². The van der Waals surface area contributed by atoms with Gasteiger partial charge in [-0.3, -0.25) is 4.79 Å². The maximum absolute atomic E-state index is 12.7. The fraction of sp³-hybridized carbons (Fsp3) is 0.455. The Morgan fingerprint density at radius 2 is 1.24 bits per heavy atom. The zero-order valence-electron chi connectivity index (χ0n) is 19.8. The Labute approximate surface area is 218 Å². The molecule has 6 aliphatic rings. The number of hydrogen-bond donors (Lipinski definition) is 1. The molecule has 0 unspecified atom stereocenters. The Bertz CT molecular complexity index is 988. The van der Waals surface area contributed by atoms with Gasteiger partial charge in [0.05, 0.1) is 0 Å². The first-order valence-corrected chi connectivity index (χ1v) is 17.2. The Hall–Kier alpha value is -3.00. The van der Waals surface area contributed by atoms with Crippen molar-refractivity contribution in [3.8, 4) is 0 Å². The molecule has 1 aromatic carbocycles. The van der Waals surface area contributed by atoms with Crippen molar-refractivity contribution >= 4 is 58.1 Å². The van der Waals surface area contributed by atoms with Crippen molar-refractivity contribution in [3.63, 3.8) is 0 Å². The maximum Gasteiger partial charge on any atom is -0.0514 e. The van der Waals surface area contributed by atoms with Crippen LogP contribution in [0.3, 0.4) is 0 Å². The first kappa shape index (κ1) is 27.0. The molecule has 7 rings (SSSR count). The van der Waals surface area contributed by atoms with Gasteiger partial charge >= 0.3 is 178 Å². The van der Waals surface area contributed by atoms with Crippen molar-refractivity contribution in [2.45, 2.75) is 6.54 Å². The molecule has 1 amide bonds. The third-order valence-corrected chi connectivity index (χ3v) is 12.3. The van der Waals surface area contributed by atoms with Crippen LogP contribution in [0.25, 0.3) is 0 Å². The van der Waals surface area contributed by atoms with Crippen LogP contribution < -0.4 is 5.32 Å². The molecule has 6 fully saturated rings. The molecule has 37 heavy (non-hydrogen) atoms. The SMILES string of the molecule is O=Cc1ccc(CNC(=O)CN2CCN3CC(=O)[O][Bi]4([O]C(=O)C3)[O]C(=O)CN(CC2)CC(=O)[O]4)cc1. The fourth-order valence-corrected chi connectivity index (χ4v) is 9.54. The number of hydrogen-bond acceptors (Lipinski definition) is 13. The smallest absolute Gasteiger partial charge is 0.0514 e. The average Bonchev–Trinajstić information content (AvgIpc) is 2.81. The molecule has 0 aromatic heterocycles. The molecular weight excluding hydrogens is 689 g/mol. The van der Waals surface area contributed by atoms with Crippen molar-refractivity contribution in [3.05, 3.63) is 35.4 Å². The van der Waals surface area contributed by atoms with Crippen molar-refractivity contribution in [1.82, 2.24) is 20.0 Å². The summed E-state index contributed by atoms with van der Waals surface area (Å²) >= 11 is -5.66. The summed E-state index contributed by atoms with van der Waals surface area (Å²) < 4.78 is 20.8. The zero-order chi connectivity index (χ0) is 26.4. The van der Waals surface area contributed by atoms with Gasteiger partial charge in [-0.15, -0.1) is 0 Å². The van der Waals surface area contributed by atoms with E-state index in [2.05, 4.69) is 5.32 Å². The largest absolute Gasteiger partial charge is 0.0565 e. The van der Waals surface area contributed by atoms with E-state index in [9.17, 15) is 28.8 Å². The van der Waals surface area contributed by atoms with E-state index >= 15 is 0 Å². The fourth-order valence-electron chi connectivity index (χ4n) is 3.89. The topological polar surface area (TPSA) is 161 Å². The van der Waals surface area contributed by atoms with Crippen LogP contribution in [0.15, 0.2) is 24.3 Å². The first-order chi connectivity index (χ1) is 17.7. The summed E-state index contributed by atoms with van der Waals surface area (Å²) in [4.78, 5) is 78.3. The number of aldehydes is 1. The molecule has 1 N–H and O–H groups in total. The minimum absolute atomic E-state index is 0.0162. The van der Waals surface area contributed by atoms with Gasteiger partial charge in [-0.2, -0.15) is 0 Å². The maximum atomic E-state index is 12.7. The molecule has 15 heteroatoms. The summed E-state index contributed by atoms with van der Waals surface area (Å²) in [5, 5.41) is 2.82. The van der Waals surface area contributed by atoms with E-state index in [0.717, 1.165) is 11.8 Å². The molecule has 1 aromatic rings. The third-order valence-electron chi connectivity index (χ3n) is 5.70. The van der Waals surface area contributed by atoms with E-state index in [4.69, 9.17) is 11.3 Å². The summed E-state index contributed by atoms with van der Waals surface area (Å²) in [7, 11) is 0. The molecule has 6 saturated heterocycles. The van der Waals surface area contributed by atoms with Gasteiger partial charge < -0.3 is 0 Å². The quantitative estimate of drug-likeness (QED) is 0.256. The number of nitrogens with zero attached hydrogens (tertiary/aromatic N) is 3. The summed E-state index contributed by atoms with van der Waals surface area (Å²) in [6, 6.07) is 6.79. The minimum Gasteiger partial charge on any atom is -0.0565 e. The van der Waals surface area contributed by atoms with Gasteiger partial charge in [0, 0.05) is 5.56 Å². The third kappa shape index (κ3) is 7.74. The molecule has 199 valence electrons. The van der Waals surface area contributed by atoms with Crippen LogP contribution in [-0.2, 0) is 41.8 Å². The Morgan fingerprint density at radius 3 is 1.68 bits per heavy atom. The molecule has 14 nitrogen and oxygen atoms in total. The predicted molar refractivity (Wildman–Crippen MR) is 123 cm³/mol. The zero-order valence-corrected chi connectivity index (χ0v) is 23.3. The van der Waals surface area contributed by atoms with Crippen LogP contribution in [0.2, 0.25) is 0 Å². The van der Waals surface area contributed by atoms with E-state index in [-0.39, 0.29) is 58.3 Å². The number of nitrogens with one attached hydrogen (secondary N) is 1. The van der Waals surface area contributed by atoms with Gasteiger partial charge in [0.2, 0.25) is 0 Å². The van der Waals surface area contributed by atoms with E-state index < -0.39 is 45.9 Å². The van der Waals surface area contributed by atoms with Gasteiger partial charge in [-0.1, -0.05) is 24.3 Å². The minimum atomic E-state index is -5.66. The number of amides is 1. The van der Waals surface area contributed by atoms with Crippen LogP contribution in [0.5, 0.6) is 0 Å². The van der Waals surface area contributed by atoms with E-state index in [1.807, 2.05) is 0 Å². The van der Waals surface area contributed by atoms with Crippen LogP contribution >= 0.6 is 0 Å². The van der Waals surface area contributed by atoms with Gasteiger partial charge in [0.15, 0.2) is 0 Å². The Balaban J connectivity index is 1.47. The van der Waals surface area contributed by atoms with Gasteiger partial charge in [0.1, 0.15) is 6.29 Å². The Kier molecular flexibility index (Phi) is 8.80. The number of carbonyl (C=O) groups excluding carboxylic acids is 6. The molecule has 1 spiro atoms. The molecular formula is C22H26BiN4O10. The van der Waals surface area contributed by atoms with Crippen LogP contribution in [0.4, 0.5) is 0 Å². The van der Waals surface area contributed by atoms with Crippen molar-refractivity contribution in [1.29, 1.82) is 0 Å². The van der Waals surface area contributed by atoms with E-state index in [0.29, 0.717) is 18.7 Å². The molecule has 0 aliphatic carbocycles. The molecule has 6 aliphatic heterocycles. The summed E-state index contributed by atoms with van der Waals surface area (Å²) in [6.07, 6.45) is 0.735. The van der Waals surface area contributed by atoms with Gasteiger partial charge in [0.25, 0.3) is 0 Å². The normalized spacial score (nSPS) is 27.0. The van der Waals surface area contributed by atoms with E-state index in [1.165, 1.54) is 9.80 Å². The second kappa shape index (κ2) is 12.0. The average molecular weight is 715 g/mol.